The topological polar surface area (TPSA) is 66.6 Å². The van der Waals surface area contributed by atoms with Crippen molar-refractivity contribution in [3.8, 4) is 0 Å². The van der Waals surface area contributed by atoms with Crippen molar-refractivity contribution in [1.29, 1.82) is 0 Å². The second kappa shape index (κ2) is 6.34. The summed E-state index contributed by atoms with van der Waals surface area (Å²) in [5.74, 6) is -0.419. The Morgan fingerprint density at radius 1 is 1.40 bits per heavy atom. The lowest BCUT2D eigenvalue weighted by Gasteiger charge is -2.25. The van der Waals surface area contributed by atoms with Gasteiger partial charge in [0.05, 0.1) is 11.7 Å². The lowest BCUT2D eigenvalue weighted by atomic mass is 10.2. The third-order valence-corrected chi connectivity index (χ3v) is 3.29. The molecule has 0 bridgehead atoms. The molecule has 0 spiro atoms. The Kier molecular flexibility index (Phi) is 4.53. The zero-order valence-electron chi connectivity index (χ0n) is 11.6. The quantitative estimate of drug-likeness (QED) is 0.877. The first-order valence-corrected chi connectivity index (χ1v) is 6.58. The minimum atomic E-state index is -1.05. The number of pyridine rings is 1. The molecule has 20 heavy (non-hydrogen) atoms. The Morgan fingerprint density at radius 3 is 2.75 bits per heavy atom. The lowest BCUT2D eigenvalue weighted by molar-refractivity contribution is 0.0655. The van der Waals surface area contributed by atoms with E-state index in [1.54, 1.807) is 12.3 Å². The number of hydrogen-bond donors (Lipinski definition) is 1. The summed E-state index contributed by atoms with van der Waals surface area (Å²) in [5, 5.41) is 8.89. The molecule has 0 saturated heterocycles. The Balaban J connectivity index is 2.11. The highest BCUT2D eigenvalue weighted by Crippen LogP contribution is 2.23. The minimum Gasteiger partial charge on any atom is -0.475 e. The molecule has 0 aliphatic carbocycles. The van der Waals surface area contributed by atoms with Gasteiger partial charge in [-0.05, 0) is 37.7 Å². The SMILES string of the molecule is CCN(Cc1ccccn1)C(C)c1ccc(C(=O)O)o1. The fraction of sp³-hybridized carbons (Fsp3) is 0.333. The summed E-state index contributed by atoms with van der Waals surface area (Å²) in [4.78, 5) is 17.3. The Bertz CT molecular complexity index is 566. The largest absolute Gasteiger partial charge is 0.475 e. The highest BCUT2D eigenvalue weighted by molar-refractivity contribution is 5.84. The fourth-order valence-corrected chi connectivity index (χ4v) is 2.09. The summed E-state index contributed by atoms with van der Waals surface area (Å²) < 4.78 is 5.37. The van der Waals surface area contributed by atoms with Crippen molar-refractivity contribution in [2.75, 3.05) is 6.54 Å². The Morgan fingerprint density at radius 2 is 2.20 bits per heavy atom. The lowest BCUT2D eigenvalue weighted by Crippen LogP contribution is -2.26. The number of carbonyl (C=O) groups is 1. The molecule has 0 amide bonds. The summed E-state index contributed by atoms with van der Waals surface area (Å²) in [6.45, 7) is 5.57. The highest BCUT2D eigenvalue weighted by atomic mass is 16.4. The first kappa shape index (κ1) is 14.3. The van der Waals surface area contributed by atoms with Crippen LogP contribution in [0.3, 0.4) is 0 Å². The first-order valence-electron chi connectivity index (χ1n) is 6.58. The van der Waals surface area contributed by atoms with Crippen LogP contribution in [0.15, 0.2) is 40.9 Å². The van der Waals surface area contributed by atoms with E-state index in [0.717, 1.165) is 12.2 Å². The van der Waals surface area contributed by atoms with Crippen molar-refractivity contribution in [3.63, 3.8) is 0 Å². The van der Waals surface area contributed by atoms with Gasteiger partial charge in [0, 0.05) is 12.7 Å². The van der Waals surface area contributed by atoms with E-state index in [1.165, 1.54) is 6.07 Å². The van der Waals surface area contributed by atoms with E-state index in [4.69, 9.17) is 9.52 Å². The van der Waals surface area contributed by atoms with Gasteiger partial charge in [-0.25, -0.2) is 4.79 Å². The van der Waals surface area contributed by atoms with Crippen molar-refractivity contribution < 1.29 is 14.3 Å². The van der Waals surface area contributed by atoms with Crippen molar-refractivity contribution in [3.05, 3.63) is 53.7 Å². The molecule has 5 heteroatoms. The van der Waals surface area contributed by atoms with Crippen LogP contribution in [0.4, 0.5) is 0 Å². The van der Waals surface area contributed by atoms with Crippen LogP contribution in [0.1, 0.15) is 41.9 Å². The maximum absolute atomic E-state index is 10.8. The van der Waals surface area contributed by atoms with E-state index in [0.29, 0.717) is 12.3 Å². The van der Waals surface area contributed by atoms with Gasteiger partial charge in [-0.15, -0.1) is 0 Å². The summed E-state index contributed by atoms with van der Waals surface area (Å²) in [5.41, 5.74) is 0.978. The average molecular weight is 274 g/mol. The van der Waals surface area contributed by atoms with Gasteiger partial charge in [-0.3, -0.25) is 9.88 Å². The third kappa shape index (κ3) is 3.24. The number of furan rings is 1. The number of hydrogen-bond acceptors (Lipinski definition) is 4. The number of rotatable bonds is 6. The Hall–Kier alpha value is -2.14. The molecule has 0 radical (unpaired) electrons. The van der Waals surface area contributed by atoms with Crippen molar-refractivity contribution in [2.45, 2.75) is 26.4 Å². The second-order valence-electron chi connectivity index (χ2n) is 4.57. The van der Waals surface area contributed by atoms with Gasteiger partial charge in [0.25, 0.3) is 0 Å². The standard InChI is InChI=1S/C15H18N2O3/c1-3-17(10-12-6-4-5-9-16-12)11(2)13-7-8-14(20-13)15(18)19/h4-9,11H,3,10H2,1-2H3,(H,18,19). The normalized spacial score (nSPS) is 12.6. The molecule has 0 aromatic carbocycles. The molecular formula is C15H18N2O3. The van der Waals surface area contributed by atoms with Gasteiger partial charge in [-0.2, -0.15) is 0 Å². The average Bonchev–Trinajstić information content (AvgIpc) is 2.95. The van der Waals surface area contributed by atoms with Crippen LogP contribution in [-0.4, -0.2) is 27.5 Å². The molecule has 2 heterocycles. The Labute approximate surface area is 117 Å². The molecule has 0 saturated carbocycles. The molecular weight excluding hydrogens is 256 g/mol. The van der Waals surface area contributed by atoms with E-state index in [-0.39, 0.29) is 11.8 Å². The summed E-state index contributed by atoms with van der Waals surface area (Å²) >= 11 is 0. The first-order chi connectivity index (χ1) is 9.61. The molecule has 106 valence electrons. The smallest absolute Gasteiger partial charge is 0.371 e. The number of aromatic nitrogens is 1. The molecule has 5 nitrogen and oxygen atoms in total. The maximum atomic E-state index is 10.8. The highest BCUT2D eigenvalue weighted by Gasteiger charge is 2.19. The van der Waals surface area contributed by atoms with Gasteiger partial charge in [0.1, 0.15) is 5.76 Å². The van der Waals surface area contributed by atoms with E-state index in [2.05, 4.69) is 16.8 Å². The summed E-state index contributed by atoms with van der Waals surface area (Å²) in [6.07, 6.45) is 1.77. The second-order valence-corrected chi connectivity index (χ2v) is 4.57. The van der Waals surface area contributed by atoms with Crippen molar-refractivity contribution in [1.82, 2.24) is 9.88 Å². The van der Waals surface area contributed by atoms with Crippen molar-refractivity contribution in [2.24, 2.45) is 0 Å². The molecule has 0 aliphatic rings. The van der Waals surface area contributed by atoms with Crippen molar-refractivity contribution >= 4 is 5.97 Å². The number of carboxylic acid groups (broad SMARTS) is 1. The summed E-state index contributed by atoms with van der Waals surface area (Å²) in [7, 11) is 0. The zero-order valence-corrected chi connectivity index (χ0v) is 11.6. The van der Waals surface area contributed by atoms with Crippen LogP contribution in [0, 0.1) is 0 Å². The van der Waals surface area contributed by atoms with Crippen LogP contribution < -0.4 is 0 Å². The predicted molar refractivity (Wildman–Crippen MR) is 74.4 cm³/mol. The number of nitrogens with zero attached hydrogens (tertiary/aromatic N) is 2. The van der Waals surface area contributed by atoms with Crippen LogP contribution in [-0.2, 0) is 6.54 Å². The van der Waals surface area contributed by atoms with Crippen LogP contribution in [0.5, 0.6) is 0 Å². The van der Waals surface area contributed by atoms with E-state index < -0.39 is 5.97 Å². The molecule has 2 rings (SSSR count). The van der Waals surface area contributed by atoms with Crippen LogP contribution in [0.25, 0.3) is 0 Å². The predicted octanol–water partition coefficient (Wildman–Crippen LogP) is 2.96. The molecule has 2 aromatic rings. The van der Waals surface area contributed by atoms with Crippen LogP contribution in [0.2, 0.25) is 0 Å². The van der Waals surface area contributed by atoms with E-state index >= 15 is 0 Å². The fourth-order valence-electron chi connectivity index (χ4n) is 2.09. The third-order valence-electron chi connectivity index (χ3n) is 3.29. The van der Waals surface area contributed by atoms with E-state index in [9.17, 15) is 4.79 Å². The van der Waals surface area contributed by atoms with E-state index in [1.807, 2.05) is 25.1 Å². The van der Waals surface area contributed by atoms with Gasteiger partial charge in [-0.1, -0.05) is 13.0 Å². The van der Waals surface area contributed by atoms with Gasteiger partial charge >= 0.3 is 5.97 Å². The molecule has 1 atom stereocenters. The monoisotopic (exact) mass is 274 g/mol. The maximum Gasteiger partial charge on any atom is 0.371 e. The molecule has 1 unspecified atom stereocenters. The van der Waals surface area contributed by atoms with Gasteiger partial charge < -0.3 is 9.52 Å². The molecule has 0 aliphatic heterocycles. The van der Waals surface area contributed by atoms with Crippen LogP contribution >= 0.6 is 0 Å². The molecule has 0 fully saturated rings. The van der Waals surface area contributed by atoms with Gasteiger partial charge in [0.15, 0.2) is 0 Å². The molecule has 1 N–H and O–H groups in total. The number of carboxylic acids is 1. The molecule has 2 aromatic heterocycles. The zero-order chi connectivity index (χ0) is 14.5. The minimum absolute atomic E-state index is 0.00453. The van der Waals surface area contributed by atoms with Gasteiger partial charge in [0.2, 0.25) is 5.76 Å². The summed E-state index contributed by atoms with van der Waals surface area (Å²) in [6, 6.07) is 9.01. The number of aromatic carboxylic acids is 1.